The lowest BCUT2D eigenvalue weighted by Gasteiger charge is -2.27. The van der Waals surface area contributed by atoms with Gasteiger partial charge < -0.3 is 14.7 Å². The number of carboxylic acid groups (broad SMARTS) is 1. The lowest BCUT2D eigenvalue weighted by Crippen LogP contribution is -2.28. The zero-order chi connectivity index (χ0) is 43.6. The van der Waals surface area contributed by atoms with Crippen LogP contribution in [0.25, 0.3) is 0 Å². The number of hydrogen-bond donors (Lipinski definition) is 3. The van der Waals surface area contributed by atoms with Crippen LogP contribution >= 0.6 is 0 Å². The number of carboxylic acids is 1. The molecule has 320 valence electrons. The van der Waals surface area contributed by atoms with Gasteiger partial charge >= 0.3 is 5.97 Å². The van der Waals surface area contributed by atoms with Crippen molar-refractivity contribution in [1.29, 1.82) is 0 Å². The first-order valence-corrected chi connectivity index (χ1v) is 23.7. The van der Waals surface area contributed by atoms with E-state index >= 15 is 0 Å². The number of ether oxygens (including phenoxy) is 1. The lowest BCUT2D eigenvalue weighted by molar-refractivity contribution is -0.438. The van der Waals surface area contributed by atoms with Crippen molar-refractivity contribution in [3.05, 3.63) is 130 Å². The predicted octanol–water partition coefficient (Wildman–Crippen LogP) is 9.86. The molecule has 60 heavy (non-hydrogen) atoms. The number of aromatic carboxylic acids is 1. The molecular weight excluding hydrogens is 801 g/mol. The summed E-state index contributed by atoms with van der Waals surface area (Å²) in [6.07, 6.45) is 14.5. The maximum Gasteiger partial charge on any atom is 0.335 e. The van der Waals surface area contributed by atoms with E-state index in [2.05, 4.69) is 48.5 Å². The van der Waals surface area contributed by atoms with Gasteiger partial charge in [0.05, 0.1) is 21.6 Å². The third-order valence-electron chi connectivity index (χ3n) is 11.9. The van der Waals surface area contributed by atoms with Gasteiger partial charge in [0, 0.05) is 47.5 Å². The Morgan fingerprint density at radius 1 is 0.850 bits per heavy atom. The summed E-state index contributed by atoms with van der Waals surface area (Å²) in [4.78, 5) is 13.9. The second kappa shape index (κ2) is 17.6. The van der Waals surface area contributed by atoms with Crippen molar-refractivity contribution < 1.29 is 45.2 Å². The third-order valence-corrected chi connectivity index (χ3v) is 13.6. The van der Waals surface area contributed by atoms with Crippen molar-refractivity contribution in [2.24, 2.45) is 0 Å². The van der Waals surface area contributed by atoms with Crippen molar-refractivity contribution in [2.45, 2.75) is 109 Å². The summed E-state index contributed by atoms with van der Waals surface area (Å²) in [5.74, 6) is 0.102. The number of benzene rings is 3. The lowest BCUT2D eigenvalue weighted by atomic mass is 9.80. The van der Waals surface area contributed by atoms with Gasteiger partial charge in [-0.3, -0.25) is 9.11 Å². The minimum absolute atomic E-state index is 0.210. The minimum Gasteiger partial charge on any atom is -0.478 e. The average molecular weight is 858 g/mol. The van der Waals surface area contributed by atoms with Gasteiger partial charge in [0.2, 0.25) is 5.69 Å². The van der Waals surface area contributed by atoms with Gasteiger partial charge in [0.15, 0.2) is 5.71 Å². The number of fused-ring (bicyclic) bond motifs is 2. The van der Waals surface area contributed by atoms with E-state index in [4.69, 9.17) is 4.74 Å². The number of allylic oxidation sites excluding steroid dienone is 7. The van der Waals surface area contributed by atoms with E-state index in [-0.39, 0.29) is 22.6 Å². The van der Waals surface area contributed by atoms with Crippen LogP contribution in [0, 0.1) is 6.92 Å². The fourth-order valence-corrected chi connectivity index (χ4v) is 9.69. The molecule has 0 fully saturated rings. The number of aryl methyl sites for hydroxylation is 1. The molecule has 0 atom stereocenters. The zero-order valence-electron chi connectivity index (χ0n) is 35.4. The zero-order valence-corrected chi connectivity index (χ0v) is 37.0. The number of unbranched alkanes of at least 4 members (excludes halogenated alkanes) is 3. The summed E-state index contributed by atoms with van der Waals surface area (Å²) < 4.78 is 75.9. The largest absolute Gasteiger partial charge is 0.478 e. The first-order valence-electron chi connectivity index (χ1n) is 20.7. The number of hydrogen-bond acceptors (Lipinski definition) is 7. The molecule has 0 amide bonds. The van der Waals surface area contributed by atoms with Crippen molar-refractivity contribution in [3.8, 4) is 5.75 Å². The number of carbonyl (C=O) groups is 1. The smallest absolute Gasteiger partial charge is 0.335 e. The van der Waals surface area contributed by atoms with E-state index in [1.54, 1.807) is 18.2 Å². The van der Waals surface area contributed by atoms with Crippen LogP contribution in [0.5, 0.6) is 5.75 Å². The third kappa shape index (κ3) is 9.70. The first-order chi connectivity index (χ1) is 28.2. The molecule has 1 aliphatic carbocycles. The van der Waals surface area contributed by atoms with Gasteiger partial charge in [-0.25, -0.2) is 4.79 Å². The average Bonchev–Trinajstić information content (AvgIpc) is 3.52. The van der Waals surface area contributed by atoms with Crippen LogP contribution in [-0.4, -0.2) is 66.1 Å². The topological polar surface area (TPSA) is 162 Å². The fraction of sp³-hybridized carbons (Fsp3) is 0.404. The van der Waals surface area contributed by atoms with Crippen LogP contribution in [0.2, 0.25) is 0 Å². The Labute approximate surface area is 355 Å². The van der Waals surface area contributed by atoms with Gasteiger partial charge in [0.25, 0.3) is 20.2 Å². The molecular formula is C47H57N2O9S2+. The van der Waals surface area contributed by atoms with Crippen LogP contribution in [0.4, 0.5) is 11.4 Å². The molecule has 0 radical (unpaired) electrons. The van der Waals surface area contributed by atoms with Gasteiger partial charge in [-0.15, -0.1) is 0 Å². The summed E-state index contributed by atoms with van der Waals surface area (Å²) in [6.45, 7) is 13.7. The highest BCUT2D eigenvalue weighted by Gasteiger charge is 2.45. The molecule has 3 N–H and O–H groups in total. The van der Waals surface area contributed by atoms with E-state index in [1.165, 1.54) is 12.1 Å². The van der Waals surface area contributed by atoms with E-state index in [9.17, 15) is 35.8 Å². The summed E-state index contributed by atoms with van der Waals surface area (Å²) in [7, 11) is -8.61. The Kier molecular flexibility index (Phi) is 13.2. The molecule has 0 spiro atoms. The van der Waals surface area contributed by atoms with E-state index in [0.29, 0.717) is 24.3 Å². The van der Waals surface area contributed by atoms with Crippen molar-refractivity contribution in [2.75, 3.05) is 23.7 Å². The molecule has 0 saturated carbocycles. The molecule has 3 aromatic rings. The van der Waals surface area contributed by atoms with Crippen LogP contribution in [0.15, 0.2) is 112 Å². The molecule has 2 aliphatic heterocycles. The minimum atomic E-state index is -4.47. The molecule has 0 unspecified atom stereocenters. The van der Waals surface area contributed by atoms with Crippen molar-refractivity contribution in [1.82, 2.24) is 0 Å². The van der Waals surface area contributed by atoms with E-state index in [1.807, 2.05) is 57.2 Å². The second-order valence-electron chi connectivity index (χ2n) is 17.0. The highest BCUT2D eigenvalue weighted by Crippen LogP contribution is 2.49. The summed E-state index contributed by atoms with van der Waals surface area (Å²) >= 11 is 0. The van der Waals surface area contributed by atoms with Gasteiger partial charge in [-0.05, 0) is 131 Å². The fourth-order valence-electron chi connectivity index (χ4n) is 8.61. The van der Waals surface area contributed by atoms with Gasteiger partial charge in [-0.2, -0.15) is 21.4 Å². The standard InChI is InChI=1S/C47H56N2O9S2/c1-7-8-9-27-48-40-23-17-35(45(50)51)30-38(40)46(3,4)42(48)25-18-33-13-12-14-34(44(33)58-36-20-15-32(2)16-21-36)19-26-43-47(5,6)39-31-37(60(55,56)57)22-24-41(39)49(43)28-10-11-29-59(52,53)54/h15-26,30-31H,7-14,27-29H2,1-6H3,(H2-,50,51,52,53,54,55,56,57)/p+1. The Balaban J connectivity index is 1.46. The Bertz CT molecular complexity index is 2540. The maximum atomic E-state index is 12.2. The van der Waals surface area contributed by atoms with Gasteiger partial charge in [-0.1, -0.05) is 51.0 Å². The molecule has 3 aromatic carbocycles. The molecule has 0 saturated heterocycles. The monoisotopic (exact) mass is 857 g/mol. The van der Waals surface area contributed by atoms with Crippen molar-refractivity contribution in [3.63, 3.8) is 0 Å². The van der Waals surface area contributed by atoms with Crippen LogP contribution < -0.4 is 9.64 Å². The Morgan fingerprint density at radius 2 is 1.58 bits per heavy atom. The highest BCUT2D eigenvalue weighted by molar-refractivity contribution is 7.86. The summed E-state index contributed by atoms with van der Waals surface area (Å²) in [6, 6.07) is 17.9. The summed E-state index contributed by atoms with van der Waals surface area (Å²) in [5, 5.41) is 9.85. The SMILES string of the molecule is CCCCC[N+]1=C(/C=C/C2=C(Oc3ccc(C)cc3)C(=C/C=C3/N(CCCCS(=O)(=O)O)c4ccc(S(=O)(=O)O)cc4C3(C)C)/CCC2)C(C)(C)c2cc(C(=O)O)ccc21. The number of rotatable bonds is 16. The van der Waals surface area contributed by atoms with E-state index in [0.717, 1.165) is 95.9 Å². The molecule has 0 aromatic heterocycles. The number of anilines is 1. The second-order valence-corrected chi connectivity index (χ2v) is 20.0. The van der Waals surface area contributed by atoms with Crippen LogP contribution in [0.1, 0.15) is 113 Å². The Morgan fingerprint density at radius 3 is 2.25 bits per heavy atom. The van der Waals surface area contributed by atoms with Gasteiger partial charge in [0.1, 0.15) is 18.1 Å². The van der Waals surface area contributed by atoms with Crippen LogP contribution in [-0.2, 0) is 31.1 Å². The maximum absolute atomic E-state index is 12.2. The molecule has 2 heterocycles. The molecule has 6 rings (SSSR count). The molecule has 0 bridgehead atoms. The highest BCUT2D eigenvalue weighted by atomic mass is 32.2. The molecule has 13 heteroatoms. The molecule has 11 nitrogen and oxygen atoms in total. The van der Waals surface area contributed by atoms with Crippen molar-refractivity contribution >= 4 is 43.3 Å². The van der Waals surface area contributed by atoms with E-state index < -0.39 is 37.0 Å². The first kappa shape index (κ1) is 44.7. The Hall–Kier alpha value is -4.82. The normalized spacial score (nSPS) is 18.8. The van der Waals surface area contributed by atoms with Crippen LogP contribution in [0.3, 0.4) is 0 Å². The number of nitrogens with zero attached hydrogens (tertiary/aromatic N) is 2. The summed E-state index contributed by atoms with van der Waals surface area (Å²) in [5.41, 5.74) is 7.55. The molecule has 3 aliphatic rings. The quantitative estimate of drug-likeness (QED) is 0.0719. The predicted molar refractivity (Wildman–Crippen MR) is 236 cm³/mol.